The van der Waals surface area contributed by atoms with Crippen molar-refractivity contribution >= 4 is 23.7 Å². The molecule has 0 spiro atoms. The molecule has 0 heterocycles. The summed E-state index contributed by atoms with van der Waals surface area (Å²) in [6.45, 7) is 6.17. The van der Waals surface area contributed by atoms with E-state index in [1.54, 1.807) is 36.5 Å². The van der Waals surface area contributed by atoms with Crippen LogP contribution < -0.4 is 10.7 Å². The number of anilines is 1. The van der Waals surface area contributed by atoms with E-state index < -0.39 is 0 Å². The molecule has 5 nitrogen and oxygen atoms in total. The van der Waals surface area contributed by atoms with E-state index >= 15 is 0 Å². The number of hydrazone groups is 1. The van der Waals surface area contributed by atoms with Crippen LogP contribution in [0.3, 0.4) is 0 Å². The zero-order chi connectivity index (χ0) is 21.5. The second-order valence-corrected chi connectivity index (χ2v) is 7.37. The Bertz CT molecular complexity index is 1050. The number of hydrogen-bond acceptors (Lipinski definition) is 3. The van der Waals surface area contributed by atoms with E-state index in [0.29, 0.717) is 22.7 Å². The summed E-state index contributed by atoms with van der Waals surface area (Å²) in [4.78, 5) is 24.6. The summed E-state index contributed by atoms with van der Waals surface area (Å²) in [6, 6.07) is 22.1. The van der Waals surface area contributed by atoms with Gasteiger partial charge in [0, 0.05) is 16.8 Å². The highest BCUT2D eigenvalue weighted by molar-refractivity contribution is 6.05. The number of amides is 2. The fourth-order valence-electron chi connectivity index (χ4n) is 2.93. The summed E-state index contributed by atoms with van der Waals surface area (Å²) in [5.41, 5.74) is 7.29. The minimum Gasteiger partial charge on any atom is -0.322 e. The smallest absolute Gasteiger partial charge is 0.271 e. The Hall–Kier alpha value is -3.73. The summed E-state index contributed by atoms with van der Waals surface area (Å²) in [6.07, 6.45) is 1.61. The Morgan fingerprint density at radius 1 is 0.867 bits per heavy atom. The lowest BCUT2D eigenvalue weighted by molar-refractivity contribution is 0.0954. The minimum atomic E-state index is -0.318. The van der Waals surface area contributed by atoms with Crippen LogP contribution in [0.1, 0.15) is 57.2 Å². The maximum atomic E-state index is 12.4. The molecule has 0 aliphatic heterocycles. The molecule has 3 aromatic rings. The minimum absolute atomic E-state index is 0.182. The zero-order valence-corrected chi connectivity index (χ0v) is 17.3. The van der Waals surface area contributed by atoms with Crippen LogP contribution in [-0.2, 0) is 0 Å². The van der Waals surface area contributed by atoms with E-state index in [4.69, 9.17) is 0 Å². The predicted octanol–water partition coefficient (Wildman–Crippen LogP) is 5.13. The molecule has 3 rings (SSSR count). The molecule has 5 heteroatoms. The van der Waals surface area contributed by atoms with Gasteiger partial charge in [-0.3, -0.25) is 9.59 Å². The number of aryl methyl sites for hydroxylation is 1. The van der Waals surface area contributed by atoms with Gasteiger partial charge in [0.15, 0.2) is 0 Å². The van der Waals surface area contributed by atoms with Gasteiger partial charge >= 0.3 is 0 Å². The first-order chi connectivity index (χ1) is 14.4. The third-order valence-corrected chi connectivity index (χ3v) is 4.78. The van der Waals surface area contributed by atoms with Crippen molar-refractivity contribution in [1.82, 2.24) is 5.43 Å². The summed E-state index contributed by atoms with van der Waals surface area (Å²) >= 11 is 0. The van der Waals surface area contributed by atoms with Crippen LogP contribution in [0.25, 0.3) is 0 Å². The van der Waals surface area contributed by atoms with Gasteiger partial charge in [-0.1, -0.05) is 56.3 Å². The van der Waals surface area contributed by atoms with Crippen molar-refractivity contribution in [2.45, 2.75) is 26.7 Å². The molecule has 0 saturated heterocycles. The van der Waals surface area contributed by atoms with Crippen LogP contribution in [0.5, 0.6) is 0 Å². The van der Waals surface area contributed by atoms with Crippen LogP contribution in [0.15, 0.2) is 77.9 Å². The first-order valence-electron chi connectivity index (χ1n) is 9.84. The van der Waals surface area contributed by atoms with Gasteiger partial charge in [-0.15, -0.1) is 0 Å². The number of carbonyl (C=O) groups excluding carboxylic acids is 2. The lowest BCUT2D eigenvalue weighted by Gasteiger charge is -2.08. The molecule has 2 amide bonds. The average Bonchev–Trinajstić information content (AvgIpc) is 2.74. The molecular weight excluding hydrogens is 374 g/mol. The molecule has 0 atom stereocenters. The van der Waals surface area contributed by atoms with Crippen molar-refractivity contribution in [3.8, 4) is 0 Å². The topological polar surface area (TPSA) is 70.6 Å². The summed E-state index contributed by atoms with van der Waals surface area (Å²) < 4.78 is 0. The van der Waals surface area contributed by atoms with E-state index in [0.717, 1.165) is 11.1 Å². The fourth-order valence-corrected chi connectivity index (χ4v) is 2.93. The maximum Gasteiger partial charge on any atom is 0.271 e. The molecule has 0 aliphatic carbocycles. The second-order valence-electron chi connectivity index (χ2n) is 7.37. The first kappa shape index (κ1) is 21.0. The van der Waals surface area contributed by atoms with Gasteiger partial charge in [-0.2, -0.15) is 5.10 Å². The molecule has 0 radical (unpaired) electrons. The third kappa shape index (κ3) is 5.41. The Kier molecular flexibility index (Phi) is 6.75. The van der Waals surface area contributed by atoms with Crippen molar-refractivity contribution < 1.29 is 9.59 Å². The van der Waals surface area contributed by atoms with Crippen LogP contribution >= 0.6 is 0 Å². The van der Waals surface area contributed by atoms with Crippen LogP contribution in [0.2, 0.25) is 0 Å². The molecule has 0 aliphatic rings. The molecule has 0 saturated carbocycles. The molecule has 0 fully saturated rings. The Labute approximate surface area is 176 Å². The summed E-state index contributed by atoms with van der Waals surface area (Å²) in [5.74, 6) is -0.0274. The number of carbonyl (C=O) groups is 2. The van der Waals surface area contributed by atoms with Crippen molar-refractivity contribution in [2.75, 3.05) is 5.32 Å². The molecule has 0 unspecified atom stereocenters. The van der Waals surface area contributed by atoms with E-state index in [-0.39, 0.29) is 11.8 Å². The molecule has 2 N–H and O–H groups in total. The van der Waals surface area contributed by atoms with E-state index in [1.165, 1.54) is 5.56 Å². The SMILES string of the molecule is Cc1ccccc1C(=O)Nc1ccc(C(=O)N/N=C/c2ccc(C(C)C)cc2)cc1. The predicted molar refractivity (Wildman–Crippen MR) is 121 cm³/mol. The van der Waals surface area contributed by atoms with Gasteiger partial charge in [0.2, 0.25) is 0 Å². The molecule has 0 bridgehead atoms. The third-order valence-electron chi connectivity index (χ3n) is 4.78. The number of benzene rings is 3. The summed E-state index contributed by atoms with van der Waals surface area (Å²) in [5, 5.41) is 6.86. The maximum absolute atomic E-state index is 12.4. The normalized spacial score (nSPS) is 10.9. The number of nitrogens with zero attached hydrogens (tertiary/aromatic N) is 1. The van der Waals surface area contributed by atoms with E-state index in [2.05, 4.69) is 41.8 Å². The molecule has 0 aromatic heterocycles. The van der Waals surface area contributed by atoms with Gasteiger partial charge in [0.1, 0.15) is 0 Å². The van der Waals surface area contributed by atoms with Crippen molar-refractivity contribution in [2.24, 2.45) is 5.10 Å². The van der Waals surface area contributed by atoms with Gasteiger partial charge in [-0.25, -0.2) is 5.43 Å². The molecule has 3 aromatic carbocycles. The second kappa shape index (κ2) is 9.65. The lowest BCUT2D eigenvalue weighted by Crippen LogP contribution is -2.18. The van der Waals surface area contributed by atoms with Crippen molar-refractivity contribution in [1.29, 1.82) is 0 Å². The average molecular weight is 399 g/mol. The first-order valence-corrected chi connectivity index (χ1v) is 9.84. The highest BCUT2D eigenvalue weighted by Gasteiger charge is 2.09. The Morgan fingerprint density at radius 3 is 2.17 bits per heavy atom. The lowest BCUT2D eigenvalue weighted by atomic mass is 10.0. The van der Waals surface area contributed by atoms with Crippen LogP contribution in [-0.4, -0.2) is 18.0 Å². The standard InChI is InChI=1S/C25H25N3O2/c1-17(2)20-10-8-19(9-11-20)16-26-28-24(29)21-12-14-22(15-13-21)27-25(30)23-7-5-4-6-18(23)3/h4-17H,1-3H3,(H,27,30)(H,28,29)/b26-16+. The number of nitrogens with one attached hydrogen (secondary N) is 2. The fraction of sp³-hybridized carbons (Fsp3) is 0.160. The van der Waals surface area contributed by atoms with Gasteiger partial charge < -0.3 is 5.32 Å². The van der Waals surface area contributed by atoms with Crippen molar-refractivity contribution in [3.63, 3.8) is 0 Å². The number of hydrogen-bond donors (Lipinski definition) is 2. The van der Waals surface area contributed by atoms with E-state index in [9.17, 15) is 9.59 Å². The summed E-state index contributed by atoms with van der Waals surface area (Å²) in [7, 11) is 0. The van der Waals surface area contributed by atoms with E-state index in [1.807, 2.05) is 37.3 Å². The van der Waals surface area contributed by atoms with Gasteiger partial charge in [-0.05, 0) is 59.9 Å². The van der Waals surface area contributed by atoms with Crippen LogP contribution in [0.4, 0.5) is 5.69 Å². The highest BCUT2D eigenvalue weighted by Crippen LogP contribution is 2.15. The molecular formula is C25H25N3O2. The van der Waals surface area contributed by atoms with Crippen molar-refractivity contribution in [3.05, 3.63) is 101 Å². The molecule has 152 valence electrons. The highest BCUT2D eigenvalue weighted by atomic mass is 16.2. The largest absolute Gasteiger partial charge is 0.322 e. The monoisotopic (exact) mass is 399 g/mol. The zero-order valence-electron chi connectivity index (χ0n) is 17.3. The quantitative estimate of drug-likeness (QED) is 0.445. The van der Waals surface area contributed by atoms with Gasteiger partial charge in [0.25, 0.3) is 11.8 Å². The van der Waals surface area contributed by atoms with Crippen LogP contribution in [0, 0.1) is 6.92 Å². The Morgan fingerprint density at radius 2 is 1.53 bits per heavy atom. The number of rotatable bonds is 6. The Balaban J connectivity index is 1.57. The van der Waals surface area contributed by atoms with Gasteiger partial charge in [0.05, 0.1) is 6.21 Å². The molecule has 30 heavy (non-hydrogen) atoms.